The number of hydrogen-bond donors (Lipinski definition) is 0. The summed E-state index contributed by atoms with van der Waals surface area (Å²) in [4.78, 5) is 19.2. The monoisotopic (exact) mass is 398 g/mol. The summed E-state index contributed by atoms with van der Waals surface area (Å²) < 4.78 is 24.4. The average Bonchev–Trinajstić information content (AvgIpc) is 3.46. The Bertz CT molecular complexity index is 897. The third kappa shape index (κ3) is 3.93. The fourth-order valence-electron chi connectivity index (χ4n) is 4.28. The van der Waals surface area contributed by atoms with Gasteiger partial charge in [0.15, 0.2) is 5.75 Å². The number of nitrogens with zero attached hydrogens (tertiary/aromatic N) is 2. The molecule has 1 saturated carbocycles. The van der Waals surface area contributed by atoms with Crippen LogP contribution in [-0.2, 0) is 5.41 Å². The molecule has 2 aromatic rings. The quantitative estimate of drug-likeness (QED) is 0.738. The van der Waals surface area contributed by atoms with Crippen LogP contribution in [0.15, 0.2) is 42.5 Å². The van der Waals surface area contributed by atoms with Gasteiger partial charge in [-0.15, -0.1) is 0 Å². The average molecular weight is 398 g/mol. The first kappa shape index (κ1) is 19.7. The number of carbonyl (C=O) groups excluding carboxylic acids is 1. The highest BCUT2D eigenvalue weighted by Gasteiger charge is 2.57. The molecule has 154 valence electrons. The van der Waals surface area contributed by atoms with Crippen molar-refractivity contribution in [1.82, 2.24) is 9.88 Å². The molecule has 1 aromatic heterocycles. The van der Waals surface area contributed by atoms with E-state index in [9.17, 15) is 9.18 Å². The number of likely N-dealkylation sites (tertiary alicyclic amines) is 1. The molecule has 2 atom stereocenters. The predicted molar refractivity (Wildman–Crippen MR) is 108 cm³/mol. The van der Waals surface area contributed by atoms with Crippen molar-refractivity contribution >= 4 is 5.91 Å². The number of halogens is 1. The van der Waals surface area contributed by atoms with Crippen LogP contribution in [0.3, 0.4) is 0 Å². The molecule has 0 spiro atoms. The first-order chi connectivity index (χ1) is 13.8. The number of pyridine rings is 1. The van der Waals surface area contributed by atoms with Crippen LogP contribution in [0.1, 0.15) is 42.7 Å². The zero-order valence-corrected chi connectivity index (χ0v) is 17.2. The van der Waals surface area contributed by atoms with Gasteiger partial charge in [0, 0.05) is 18.5 Å². The van der Waals surface area contributed by atoms with Crippen LogP contribution in [0.2, 0.25) is 0 Å². The highest BCUT2D eigenvalue weighted by molar-refractivity contribution is 5.92. The van der Waals surface area contributed by atoms with Crippen molar-refractivity contribution in [1.29, 1.82) is 0 Å². The van der Waals surface area contributed by atoms with E-state index < -0.39 is 5.67 Å². The largest absolute Gasteiger partial charge is 0.485 e. The summed E-state index contributed by atoms with van der Waals surface area (Å²) in [6, 6.07) is 13.8. The van der Waals surface area contributed by atoms with Crippen molar-refractivity contribution in [2.24, 2.45) is 5.92 Å². The molecule has 4 rings (SSSR count). The molecule has 29 heavy (non-hydrogen) atoms. The SMILES string of the molecule is COc1nc(C(=O)N2CCC3(c4ccccc4)CC3C2)ccc1OCC(C)(C)F. The smallest absolute Gasteiger partial charge is 0.272 e. The molecule has 2 unspecified atom stereocenters. The maximum Gasteiger partial charge on any atom is 0.272 e. The first-order valence-electron chi connectivity index (χ1n) is 10.0. The zero-order chi connectivity index (χ0) is 20.6. The minimum absolute atomic E-state index is 0.103. The van der Waals surface area contributed by atoms with E-state index >= 15 is 0 Å². The van der Waals surface area contributed by atoms with Crippen molar-refractivity contribution in [2.75, 3.05) is 26.8 Å². The molecule has 1 amide bonds. The van der Waals surface area contributed by atoms with E-state index in [0.29, 0.717) is 23.9 Å². The van der Waals surface area contributed by atoms with Crippen LogP contribution in [0.5, 0.6) is 11.6 Å². The lowest BCUT2D eigenvalue weighted by atomic mass is 9.87. The molecule has 1 aromatic carbocycles. The molecule has 0 radical (unpaired) electrons. The number of amides is 1. The standard InChI is InChI=1S/C23H27FN2O3/c1-22(2,24)15-29-19-10-9-18(25-20(19)28-3)21(27)26-12-11-23(13-17(23)14-26)16-7-5-4-6-8-16/h4-10,17H,11-15H2,1-3H3. The van der Waals surface area contributed by atoms with E-state index in [1.807, 2.05) is 11.0 Å². The Morgan fingerprint density at radius 2 is 2.03 bits per heavy atom. The van der Waals surface area contributed by atoms with Gasteiger partial charge in [0.1, 0.15) is 18.0 Å². The van der Waals surface area contributed by atoms with E-state index in [4.69, 9.17) is 9.47 Å². The second kappa shape index (κ2) is 7.32. The topological polar surface area (TPSA) is 51.7 Å². The highest BCUT2D eigenvalue weighted by atomic mass is 19.1. The van der Waals surface area contributed by atoms with Crippen LogP contribution in [0, 0.1) is 5.92 Å². The summed E-state index contributed by atoms with van der Waals surface area (Å²) in [5.74, 6) is 0.925. The highest BCUT2D eigenvalue weighted by Crippen LogP contribution is 2.59. The summed E-state index contributed by atoms with van der Waals surface area (Å²) >= 11 is 0. The number of aromatic nitrogens is 1. The van der Waals surface area contributed by atoms with Crippen molar-refractivity contribution in [2.45, 2.75) is 37.8 Å². The number of methoxy groups -OCH3 is 1. The molecule has 2 heterocycles. The van der Waals surface area contributed by atoms with E-state index in [1.165, 1.54) is 26.5 Å². The lowest BCUT2D eigenvalue weighted by molar-refractivity contribution is 0.0699. The molecular weight excluding hydrogens is 371 g/mol. The Morgan fingerprint density at radius 3 is 2.69 bits per heavy atom. The second-order valence-electron chi connectivity index (χ2n) is 8.64. The minimum Gasteiger partial charge on any atom is -0.485 e. The molecule has 0 N–H and O–H groups in total. The predicted octanol–water partition coefficient (Wildman–Crippen LogP) is 4.02. The minimum atomic E-state index is -1.47. The molecule has 1 aliphatic heterocycles. The van der Waals surface area contributed by atoms with Gasteiger partial charge in [-0.25, -0.2) is 9.37 Å². The Hall–Kier alpha value is -2.63. The maximum absolute atomic E-state index is 13.7. The molecular formula is C23H27FN2O3. The normalized spacial score (nSPS) is 23.3. The van der Waals surface area contributed by atoms with Crippen LogP contribution >= 0.6 is 0 Å². The molecule has 0 bridgehead atoms. The van der Waals surface area contributed by atoms with Gasteiger partial charge in [-0.2, -0.15) is 0 Å². The number of carbonyl (C=O) groups is 1. The van der Waals surface area contributed by atoms with Gasteiger partial charge in [-0.05, 0) is 50.3 Å². The number of hydrogen-bond acceptors (Lipinski definition) is 4. The summed E-state index contributed by atoms with van der Waals surface area (Å²) in [5, 5.41) is 0. The van der Waals surface area contributed by atoms with Gasteiger partial charge >= 0.3 is 0 Å². The van der Waals surface area contributed by atoms with Crippen molar-refractivity contribution in [3.05, 3.63) is 53.7 Å². The van der Waals surface area contributed by atoms with Crippen molar-refractivity contribution in [3.8, 4) is 11.6 Å². The van der Waals surface area contributed by atoms with Crippen LogP contribution in [0.4, 0.5) is 4.39 Å². The number of fused-ring (bicyclic) bond motifs is 1. The molecule has 6 heteroatoms. The Morgan fingerprint density at radius 1 is 1.28 bits per heavy atom. The fourth-order valence-corrected chi connectivity index (χ4v) is 4.28. The summed E-state index contributed by atoms with van der Waals surface area (Å²) in [5.41, 5.74) is 0.471. The lowest BCUT2D eigenvalue weighted by Gasteiger charge is -2.32. The van der Waals surface area contributed by atoms with Gasteiger partial charge in [0.25, 0.3) is 11.8 Å². The van der Waals surface area contributed by atoms with E-state index in [0.717, 1.165) is 19.4 Å². The van der Waals surface area contributed by atoms with Gasteiger partial charge in [-0.1, -0.05) is 30.3 Å². The maximum atomic E-state index is 13.7. The van der Waals surface area contributed by atoms with Gasteiger partial charge in [0.05, 0.1) is 7.11 Å². The molecule has 1 saturated heterocycles. The van der Waals surface area contributed by atoms with Crippen LogP contribution < -0.4 is 9.47 Å². The molecule has 5 nitrogen and oxygen atoms in total. The van der Waals surface area contributed by atoms with E-state index in [2.05, 4.69) is 29.2 Å². The van der Waals surface area contributed by atoms with Crippen molar-refractivity contribution in [3.63, 3.8) is 0 Å². The van der Waals surface area contributed by atoms with E-state index in [1.54, 1.807) is 12.1 Å². The first-order valence-corrected chi connectivity index (χ1v) is 10.0. The van der Waals surface area contributed by atoms with Gasteiger partial charge < -0.3 is 14.4 Å². The van der Waals surface area contributed by atoms with E-state index in [-0.39, 0.29) is 23.8 Å². The molecule has 1 aliphatic carbocycles. The summed E-state index contributed by atoms with van der Waals surface area (Å²) in [7, 11) is 1.46. The number of benzene rings is 1. The van der Waals surface area contributed by atoms with Gasteiger partial charge in [0.2, 0.25) is 0 Å². The van der Waals surface area contributed by atoms with Crippen LogP contribution in [0.25, 0.3) is 0 Å². The van der Waals surface area contributed by atoms with Crippen LogP contribution in [-0.4, -0.2) is 48.3 Å². The molecule has 2 aliphatic rings. The number of piperidine rings is 1. The summed E-state index contributed by atoms with van der Waals surface area (Å²) in [6.07, 6.45) is 2.10. The summed E-state index contributed by atoms with van der Waals surface area (Å²) in [6.45, 7) is 4.21. The second-order valence-corrected chi connectivity index (χ2v) is 8.64. The Labute approximate surface area is 170 Å². The van der Waals surface area contributed by atoms with Crippen molar-refractivity contribution < 1.29 is 18.7 Å². The fraction of sp³-hybridized carbons (Fsp3) is 0.478. The third-order valence-corrected chi connectivity index (χ3v) is 5.95. The lowest BCUT2D eigenvalue weighted by Crippen LogP contribution is -2.40. The number of rotatable bonds is 6. The Kier molecular flexibility index (Phi) is 4.97. The number of alkyl halides is 1. The van der Waals surface area contributed by atoms with Gasteiger partial charge in [-0.3, -0.25) is 4.79 Å². The zero-order valence-electron chi connectivity index (χ0n) is 17.2. The third-order valence-electron chi connectivity index (χ3n) is 5.95. The Balaban J connectivity index is 1.44. The molecule has 2 fully saturated rings. The number of ether oxygens (including phenoxy) is 2.